The molecule has 3 aromatic carbocycles. The minimum absolute atomic E-state index is 0.0102. The summed E-state index contributed by atoms with van der Waals surface area (Å²) < 4.78 is 52.3. The number of thiazole rings is 1. The summed E-state index contributed by atoms with van der Waals surface area (Å²) >= 11 is 7.15. The number of likely N-dealkylation sites (tertiary alicyclic amines) is 1. The summed E-state index contributed by atoms with van der Waals surface area (Å²) in [6.07, 6.45) is -5.72. The second-order valence-electron chi connectivity index (χ2n) is 17.8. The minimum atomic E-state index is -4.82. The summed E-state index contributed by atoms with van der Waals surface area (Å²) in [5.41, 5.74) is 1.29. The second kappa shape index (κ2) is 21.6. The summed E-state index contributed by atoms with van der Waals surface area (Å²) in [7, 11) is 0. The lowest BCUT2D eigenvalue weighted by molar-refractivity contribution is -0.144. The van der Waals surface area contributed by atoms with Crippen LogP contribution in [0.1, 0.15) is 69.8 Å². The molecule has 0 radical (unpaired) electrons. The molecule has 19 heteroatoms. The highest BCUT2D eigenvalue weighted by molar-refractivity contribution is 7.81. The summed E-state index contributed by atoms with van der Waals surface area (Å²) in [4.78, 5) is 63.1. The quantitative estimate of drug-likeness (QED) is 0.0712. The molecular weight excluding hydrogens is 932 g/mol. The number of hydrogen-bond donors (Lipinski definition) is 3. The van der Waals surface area contributed by atoms with Crippen LogP contribution in [0.4, 0.5) is 24.5 Å². The number of nitrogens with zero attached hydrogens (tertiary/aromatic N) is 5. The van der Waals surface area contributed by atoms with Crippen LogP contribution in [0.15, 0.2) is 72.2 Å². The molecule has 2 fully saturated rings. The van der Waals surface area contributed by atoms with Gasteiger partial charge >= 0.3 is 6.18 Å². The van der Waals surface area contributed by atoms with E-state index in [2.05, 4.69) is 39.3 Å². The van der Waals surface area contributed by atoms with Gasteiger partial charge in [0.05, 0.1) is 58.1 Å². The number of anilines is 2. The van der Waals surface area contributed by atoms with Gasteiger partial charge in [-0.1, -0.05) is 51.0 Å². The van der Waals surface area contributed by atoms with Gasteiger partial charge in [-0.15, -0.1) is 11.3 Å². The number of halogens is 3. The number of rotatable bonds is 14. The van der Waals surface area contributed by atoms with Crippen molar-refractivity contribution < 1.29 is 46.9 Å². The number of aliphatic hydroxyl groups is 1. The van der Waals surface area contributed by atoms with E-state index in [0.717, 1.165) is 38.7 Å². The average molecular weight is 982 g/mol. The number of nitrogens with one attached hydrogen (secondary N) is 2. The Kier molecular flexibility index (Phi) is 16.2. The maximum absolute atomic E-state index is 13.9. The number of β-amino-alcohol motifs (C(OH)–C–C–N with tert-alkyl or cyclic N) is 1. The van der Waals surface area contributed by atoms with Crippen molar-refractivity contribution in [2.75, 3.05) is 36.2 Å². The Bertz CT molecular complexity index is 2760. The van der Waals surface area contributed by atoms with E-state index in [9.17, 15) is 42.7 Å². The zero-order valence-corrected chi connectivity index (χ0v) is 40.3. The van der Waals surface area contributed by atoms with Crippen molar-refractivity contribution in [1.82, 2.24) is 20.5 Å². The van der Waals surface area contributed by atoms with E-state index in [1.165, 1.54) is 21.9 Å². The zero-order chi connectivity index (χ0) is 50.3. The SMILES string of the molecule is Cc1ncsc1-c1ccc(CNC(=O)C2C[C@@H](O)CN2C(=O)[C@@H](NC(=O)CCOCC#CC#CCOc2ccc(N3C(=S)N(c4ccc(C#N)c(C(F)(F)F)c4)C(=O)C3(C)C)cc2)C(C)(C)C)cc1. The topological polar surface area (TPSA) is 177 Å². The van der Waals surface area contributed by atoms with Crippen LogP contribution in [0.2, 0.25) is 0 Å². The van der Waals surface area contributed by atoms with Crippen molar-refractivity contribution >= 4 is 63.7 Å². The Hall–Kier alpha value is -6.82. The number of hydrogen-bond acceptors (Lipinski definition) is 11. The van der Waals surface area contributed by atoms with E-state index in [0.29, 0.717) is 11.4 Å². The number of aromatic nitrogens is 1. The third kappa shape index (κ3) is 12.3. The standard InChI is InChI=1S/C50H50F3N7O7S2/c1-31-42(69-30-56-31)33-13-11-32(12-14-33)28-55-44(63)40-26-37(61)29-58(40)45(64)43(48(2,3)4)57-41(62)21-24-66-22-9-7-8-10-23-67-38-19-17-35(18-20-38)60-47(68)59(46(65)49(60,5)6)36-16-15-34(27-54)39(25-36)50(51,52)53/h11-20,25,30,37,40,43,61H,21-24,26,28-29H2,1-6H3,(H,55,63)(H,57,62)/t37-,40?,43-/m1/s1. The zero-order valence-electron chi connectivity index (χ0n) is 38.7. The number of benzene rings is 3. The van der Waals surface area contributed by atoms with Gasteiger partial charge in [0.15, 0.2) is 5.11 Å². The molecule has 6 rings (SSSR count). The molecule has 3 atom stereocenters. The number of nitriles is 1. The number of carbonyl (C=O) groups excluding carboxylic acids is 4. The Morgan fingerprint density at radius 3 is 2.30 bits per heavy atom. The van der Waals surface area contributed by atoms with Crippen molar-refractivity contribution in [2.24, 2.45) is 5.41 Å². The van der Waals surface area contributed by atoms with Gasteiger partial charge in [-0.25, -0.2) is 4.98 Å². The first-order valence-electron chi connectivity index (χ1n) is 21.7. The fourth-order valence-corrected chi connectivity index (χ4v) is 9.07. The van der Waals surface area contributed by atoms with E-state index in [1.54, 1.807) is 75.7 Å². The van der Waals surface area contributed by atoms with Crippen LogP contribution in [-0.4, -0.2) is 93.8 Å². The maximum atomic E-state index is 13.9. The summed E-state index contributed by atoms with van der Waals surface area (Å²) in [5, 5.41) is 25.4. The van der Waals surface area contributed by atoms with E-state index in [1.807, 2.05) is 31.2 Å². The van der Waals surface area contributed by atoms with Crippen LogP contribution < -0.4 is 25.2 Å². The van der Waals surface area contributed by atoms with Crippen molar-refractivity contribution in [1.29, 1.82) is 5.26 Å². The highest BCUT2D eigenvalue weighted by Crippen LogP contribution is 2.40. The Morgan fingerprint density at radius 1 is 1.01 bits per heavy atom. The largest absolute Gasteiger partial charge is 0.481 e. The van der Waals surface area contributed by atoms with E-state index < -0.39 is 70.1 Å². The smallest absolute Gasteiger partial charge is 0.417 e. The van der Waals surface area contributed by atoms with Gasteiger partial charge in [-0.05, 0) is 110 Å². The average Bonchev–Trinajstić information content (AvgIpc) is 3.97. The normalized spacial score (nSPS) is 17.0. The van der Waals surface area contributed by atoms with E-state index >= 15 is 0 Å². The molecule has 1 aromatic heterocycles. The number of amides is 4. The summed E-state index contributed by atoms with van der Waals surface area (Å²) in [6.45, 7) is 10.7. The van der Waals surface area contributed by atoms with Crippen molar-refractivity contribution in [3.8, 4) is 45.9 Å². The molecule has 14 nitrogen and oxygen atoms in total. The molecule has 0 aliphatic carbocycles. The lowest BCUT2D eigenvalue weighted by Crippen LogP contribution is -2.57. The molecule has 2 aliphatic heterocycles. The minimum Gasteiger partial charge on any atom is -0.481 e. The van der Waals surface area contributed by atoms with Crippen LogP contribution in [0.5, 0.6) is 5.75 Å². The molecule has 0 bridgehead atoms. The van der Waals surface area contributed by atoms with Crippen molar-refractivity contribution in [2.45, 2.75) is 90.8 Å². The van der Waals surface area contributed by atoms with Crippen LogP contribution >= 0.6 is 23.6 Å². The Morgan fingerprint density at radius 2 is 1.68 bits per heavy atom. The van der Waals surface area contributed by atoms with Gasteiger partial charge in [0.25, 0.3) is 5.91 Å². The maximum Gasteiger partial charge on any atom is 0.417 e. The van der Waals surface area contributed by atoms with Crippen molar-refractivity contribution in [3.63, 3.8) is 0 Å². The van der Waals surface area contributed by atoms with Gasteiger partial charge in [0.1, 0.15) is 36.6 Å². The number of carbonyl (C=O) groups is 4. The fourth-order valence-electron chi connectivity index (χ4n) is 7.73. The van der Waals surface area contributed by atoms with Crippen LogP contribution in [0.25, 0.3) is 10.4 Å². The van der Waals surface area contributed by atoms with Gasteiger partial charge in [0, 0.05) is 25.2 Å². The molecule has 4 aromatic rings. The molecule has 4 amide bonds. The number of aryl methyl sites for hydroxylation is 1. The van der Waals surface area contributed by atoms with Crippen LogP contribution in [0, 0.1) is 47.4 Å². The predicted octanol–water partition coefficient (Wildman–Crippen LogP) is 6.53. The highest BCUT2D eigenvalue weighted by atomic mass is 32.1. The molecule has 2 saturated heterocycles. The lowest BCUT2D eigenvalue weighted by atomic mass is 9.85. The third-order valence-electron chi connectivity index (χ3n) is 11.4. The number of ether oxygens (including phenoxy) is 2. The molecule has 0 saturated carbocycles. The second-order valence-corrected chi connectivity index (χ2v) is 19.0. The van der Waals surface area contributed by atoms with Crippen LogP contribution in [-0.2, 0) is 36.6 Å². The first-order chi connectivity index (χ1) is 32.6. The number of aliphatic hydroxyl groups excluding tert-OH is 1. The first-order valence-corrected chi connectivity index (χ1v) is 23.0. The highest BCUT2D eigenvalue weighted by Gasteiger charge is 2.51. The fraction of sp³-hybridized carbons (Fsp3) is 0.380. The van der Waals surface area contributed by atoms with Crippen molar-refractivity contribution in [3.05, 3.63) is 94.6 Å². The molecule has 3 heterocycles. The lowest BCUT2D eigenvalue weighted by Gasteiger charge is -2.35. The van der Waals surface area contributed by atoms with Gasteiger partial charge in [0.2, 0.25) is 17.7 Å². The summed E-state index contributed by atoms with van der Waals surface area (Å²) in [5.74, 6) is 9.38. The molecule has 0 spiro atoms. The Labute approximate surface area is 407 Å². The monoisotopic (exact) mass is 981 g/mol. The first kappa shape index (κ1) is 51.6. The molecule has 1 unspecified atom stereocenters. The molecule has 360 valence electrons. The van der Waals surface area contributed by atoms with Gasteiger partial charge in [-0.2, -0.15) is 18.4 Å². The molecule has 2 aliphatic rings. The van der Waals surface area contributed by atoms with Gasteiger partial charge < -0.3 is 35.0 Å². The third-order valence-corrected chi connectivity index (χ3v) is 12.7. The molecule has 3 N–H and O–H groups in total. The molecular formula is C50H50F3N7O7S2. The van der Waals surface area contributed by atoms with E-state index in [4.69, 9.17) is 21.7 Å². The summed E-state index contributed by atoms with van der Waals surface area (Å²) in [6, 6.07) is 17.0. The number of thiocarbonyl (C=S) groups is 1. The van der Waals surface area contributed by atoms with Crippen LogP contribution in [0.3, 0.4) is 0 Å². The molecule has 69 heavy (non-hydrogen) atoms. The van der Waals surface area contributed by atoms with E-state index in [-0.39, 0.29) is 56.6 Å². The predicted molar refractivity (Wildman–Crippen MR) is 257 cm³/mol. The number of alkyl halides is 3. The Balaban J connectivity index is 0.932. The van der Waals surface area contributed by atoms with Gasteiger partial charge in [-0.3, -0.25) is 24.1 Å².